The number of furan rings is 1. The smallest absolute Gasteiger partial charge is 0.233 e. The van der Waals surface area contributed by atoms with E-state index < -0.39 is 5.91 Å². The van der Waals surface area contributed by atoms with Crippen LogP contribution in [0, 0.1) is 6.92 Å². The molecule has 0 fully saturated rings. The predicted molar refractivity (Wildman–Crippen MR) is 80.0 cm³/mol. The van der Waals surface area contributed by atoms with Crippen LogP contribution in [-0.2, 0) is 16.1 Å². The van der Waals surface area contributed by atoms with E-state index in [-0.39, 0.29) is 18.9 Å². The molecule has 1 aromatic heterocycles. The lowest BCUT2D eigenvalue weighted by atomic mass is 10.2. The number of carbonyl (C=O) groups excluding carboxylic acids is 2. The van der Waals surface area contributed by atoms with Crippen molar-refractivity contribution in [2.45, 2.75) is 19.9 Å². The summed E-state index contributed by atoms with van der Waals surface area (Å²) in [5, 5.41) is 5.79. The molecule has 0 saturated heterocycles. The number of hydrogen-bond donors (Lipinski definition) is 2. The molecular weight excluding hydrogens is 292 g/mol. The fourth-order valence-electron chi connectivity index (χ4n) is 1.68. The minimum absolute atomic E-state index is 0.258. The highest BCUT2D eigenvalue weighted by molar-refractivity contribution is 6.31. The summed E-state index contributed by atoms with van der Waals surface area (Å²) >= 11 is 5.97. The first-order valence-electron chi connectivity index (χ1n) is 6.39. The quantitative estimate of drug-likeness (QED) is 0.834. The summed E-state index contributed by atoms with van der Waals surface area (Å²) < 4.78 is 5.08. The predicted octanol–water partition coefficient (Wildman–Crippen LogP) is 2.89. The molecule has 2 aromatic rings. The van der Waals surface area contributed by atoms with Crippen LogP contribution in [0.25, 0.3) is 0 Å². The first-order chi connectivity index (χ1) is 10.0. The molecule has 2 amide bonds. The Bertz CT molecular complexity index is 638. The third-order valence-electron chi connectivity index (χ3n) is 2.82. The maximum Gasteiger partial charge on any atom is 0.233 e. The molecule has 0 radical (unpaired) electrons. The van der Waals surface area contributed by atoms with Gasteiger partial charge in [0.15, 0.2) is 0 Å². The molecule has 0 aliphatic carbocycles. The minimum atomic E-state index is -0.396. The average molecular weight is 307 g/mol. The van der Waals surface area contributed by atoms with E-state index in [4.69, 9.17) is 16.0 Å². The molecule has 0 bridgehead atoms. The van der Waals surface area contributed by atoms with Gasteiger partial charge in [-0.2, -0.15) is 0 Å². The number of aryl methyl sites for hydroxylation is 1. The van der Waals surface area contributed by atoms with Crippen LogP contribution in [0.2, 0.25) is 5.02 Å². The molecule has 2 rings (SSSR count). The van der Waals surface area contributed by atoms with Crippen molar-refractivity contribution in [2.24, 2.45) is 0 Å². The van der Waals surface area contributed by atoms with Crippen molar-refractivity contribution >= 4 is 29.1 Å². The molecule has 1 aromatic carbocycles. The second kappa shape index (κ2) is 6.95. The molecule has 6 heteroatoms. The van der Waals surface area contributed by atoms with E-state index in [1.54, 1.807) is 30.3 Å². The summed E-state index contributed by atoms with van der Waals surface area (Å²) in [7, 11) is 0. The number of halogens is 1. The van der Waals surface area contributed by atoms with Gasteiger partial charge in [-0.25, -0.2) is 0 Å². The Morgan fingerprint density at radius 2 is 2.05 bits per heavy atom. The molecule has 0 unspecified atom stereocenters. The third kappa shape index (κ3) is 4.65. The van der Waals surface area contributed by atoms with Crippen molar-refractivity contribution in [3.05, 3.63) is 52.9 Å². The number of nitrogens with one attached hydrogen (secondary N) is 2. The Hall–Kier alpha value is -2.27. The van der Waals surface area contributed by atoms with Crippen LogP contribution >= 0.6 is 11.6 Å². The molecule has 0 spiro atoms. The van der Waals surface area contributed by atoms with Gasteiger partial charge in [0.1, 0.15) is 12.2 Å². The van der Waals surface area contributed by atoms with Crippen LogP contribution in [0.4, 0.5) is 5.69 Å². The Kier molecular flexibility index (Phi) is 5.00. The summed E-state index contributed by atoms with van der Waals surface area (Å²) in [6.07, 6.45) is 1.27. The zero-order chi connectivity index (χ0) is 15.2. The van der Waals surface area contributed by atoms with Gasteiger partial charge in [-0.3, -0.25) is 9.59 Å². The highest BCUT2D eigenvalue weighted by Crippen LogP contribution is 2.19. The number of rotatable bonds is 5. The highest BCUT2D eigenvalue weighted by atomic mass is 35.5. The number of anilines is 1. The second-order valence-electron chi connectivity index (χ2n) is 4.55. The first-order valence-corrected chi connectivity index (χ1v) is 6.77. The Morgan fingerprint density at radius 3 is 2.71 bits per heavy atom. The average Bonchev–Trinajstić information content (AvgIpc) is 2.94. The van der Waals surface area contributed by atoms with Crippen LogP contribution in [0.1, 0.15) is 17.7 Å². The number of amides is 2. The van der Waals surface area contributed by atoms with Gasteiger partial charge < -0.3 is 15.1 Å². The SMILES string of the molecule is Cc1ccc(NC(=O)CC(=O)NCc2ccco2)cc1Cl. The van der Waals surface area contributed by atoms with Gasteiger partial charge in [-0.15, -0.1) is 0 Å². The lowest BCUT2D eigenvalue weighted by molar-refractivity contribution is -0.127. The van der Waals surface area contributed by atoms with Crippen molar-refractivity contribution in [1.82, 2.24) is 5.32 Å². The van der Waals surface area contributed by atoms with Gasteiger partial charge in [0, 0.05) is 10.7 Å². The molecule has 110 valence electrons. The standard InChI is InChI=1S/C15H15ClN2O3/c1-10-4-5-11(7-13(10)16)18-15(20)8-14(19)17-9-12-3-2-6-21-12/h2-7H,8-9H2,1H3,(H,17,19)(H,18,20). The Labute approximate surface area is 127 Å². The molecular formula is C15H15ClN2O3. The van der Waals surface area contributed by atoms with Gasteiger partial charge in [0.2, 0.25) is 11.8 Å². The third-order valence-corrected chi connectivity index (χ3v) is 3.22. The van der Waals surface area contributed by atoms with Crippen molar-refractivity contribution < 1.29 is 14.0 Å². The highest BCUT2D eigenvalue weighted by Gasteiger charge is 2.10. The normalized spacial score (nSPS) is 10.2. The number of benzene rings is 1. The Morgan fingerprint density at radius 1 is 1.24 bits per heavy atom. The number of hydrogen-bond acceptors (Lipinski definition) is 3. The monoisotopic (exact) mass is 306 g/mol. The van der Waals surface area contributed by atoms with Gasteiger partial charge >= 0.3 is 0 Å². The molecule has 0 aliphatic heterocycles. The molecule has 0 aliphatic rings. The summed E-state index contributed by atoms with van der Waals surface area (Å²) in [5.41, 5.74) is 1.49. The van der Waals surface area contributed by atoms with Crippen LogP contribution in [0.15, 0.2) is 41.0 Å². The largest absolute Gasteiger partial charge is 0.467 e. The van der Waals surface area contributed by atoms with E-state index in [2.05, 4.69) is 10.6 Å². The fraction of sp³-hybridized carbons (Fsp3) is 0.200. The van der Waals surface area contributed by atoms with Gasteiger partial charge in [-0.1, -0.05) is 17.7 Å². The topological polar surface area (TPSA) is 71.3 Å². The van der Waals surface area contributed by atoms with Crippen LogP contribution in [-0.4, -0.2) is 11.8 Å². The van der Waals surface area contributed by atoms with Crippen LogP contribution in [0.5, 0.6) is 0 Å². The molecule has 0 atom stereocenters. The summed E-state index contributed by atoms with van der Waals surface area (Å²) in [6.45, 7) is 2.13. The van der Waals surface area contributed by atoms with E-state index >= 15 is 0 Å². The van der Waals surface area contributed by atoms with E-state index in [1.165, 1.54) is 6.26 Å². The van der Waals surface area contributed by atoms with E-state index in [9.17, 15) is 9.59 Å². The van der Waals surface area contributed by atoms with Crippen molar-refractivity contribution in [2.75, 3.05) is 5.32 Å². The lowest BCUT2D eigenvalue weighted by Gasteiger charge is -2.07. The fourth-order valence-corrected chi connectivity index (χ4v) is 1.86. The van der Waals surface area contributed by atoms with Crippen molar-refractivity contribution in [1.29, 1.82) is 0 Å². The molecule has 0 saturated carbocycles. The molecule has 2 N–H and O–H groups in total. The Balaban J connectivity index is 1.80. The van der Waals surface area contributed by atoms with Crippen LogP contribution < -0.4 is 10.6 Å². The molecule has 1 heterocycles. The van der Waals surface area contributed by atoms with Gasteiger partial charge in [-0.05, 0) is 36.8 Å². The first kappa shape index (κ1) is 15.1. The zero-order valence-corrected chi connectivity index (χ0v) is 12.2. The second-order valence-corrected chi connectivity index (χ2v) is 4.95. The maximum absolute atomic E-state index is 11.7. The summed E-state index contributed by atoms with van der Waals surface area (Å²) in [4.78, 5) is 23.4. The van der Waals surface area contributed by atoms with E-state index in [1.807, 2.05) is 6.92 Å². The lowest BCUT2D eigenvalue weighted by Crippen LogP contribution is -2.27. The van der Waals surface area contributed by atoms with Gasteiger partial charge in [0.05, 0.1) is 12.8 Å². The van der Waals surface area contributed by atoms with Crippen molar-refractivity contribution in [3.63, 3.8) is 0 Å². The van der Waals surface area contributed by atoms with Gasteiger partial charge in [0.25, 0.3) is 0 Å². The molecule has 21 heavy (non-hydrogen) atoms. The molecule has 5 nitrogen and oxygen atoms in total. The maximum atomic E-state index is 11.7. The summed E-state index contributed by atoms with van der Waals surface area (Å²) in [6, 6.07) is 8.66. The minimum Gasteiger partial charge on any atom is -0.467 e. The zero-order valence-electron chi connectivity index (χ0n) is 11.5. The van der Waals surface area contributed by atoms with Crippen LogP contribution in [0.3, 0.4) is 0 Å². The van der Waals surface area contributed by atoms with Crippen molar-refractivity contribution in [3.8, 4) is 0 Å². The van der Waals surface area contributed by atoms with E-state index in [0.29, 0.717) is 16.5 Å². The summed E-state index contributed by atoms with van der Waals surface area (Å²) in [5.74, 6) is -0.136. The van der Waals surface area contributed by atoms with E-state index in [0.717, 1.165) is 5.56 Å². The number of carbonyl (C=O) groups is 2.